The Hall–Kier alpha value is -2.40. The summed E-state index contributed by atoms with van der Waals surface area (Å²) < 4.78 is 5.51. The highest BCUT2D eigenvalue weighted by Gasteiger charge is 2.22. The van der Waals surface area contributed by atoms with Crippen molar-refractivity contribution in [2.75, 3.05) is 32.7 Å². The summed E-state index contributed by atoms with van der Waals surface area (Å²) in [6.45, 7) is 7.95. The standard InChI is InChI=1S/C20H25N3O2/c1-16-19(25-17(2)21-16)15-20(24)23-13-11-22(12-14-23)10-6-9-18-7-4-3-5-8-18/h3-9H,10-15H2,1-2H3/b9-6+. The van der Waals surface area contributed by atoms with E-state index in [2.05, 4.69) is 34.2 Å². The monoisotopic (exact) mass is 339 g/mol. The lowest BCUT2D eigenvalue weighted by molar-refractivity contribution is -0.132. The topological polar surface area (TPSA) is 49.6 Å². The Morgan fingerprint density at radius 3 is 2.52 bits per heavy atom. The quantitative estimate of drug-likeness (QED) is 0.840. The molecule has 1 fully saturated rings. The van der Waals surface area contributed by atoms with Crippen LogP contribution in [0.1, 0.15) is 22.9 Å². The van der Waals surface area contributed by atoms with Gasteiger partial charge in [0.2, 0.25) is 5.91 Å². The van der Waals surface area contributed by atoms with Gasteiger partial charge in [-0.3, -0.25) is 9.69 Å². The molecule has 1 saturated heterocycles. The van der Waals surface area contributed by atoms with Crippen LogP contribution in [0.4, 0.5) is 0 Å². The molecule has 0 aliphatic carbocycles. The molecule has 132 valence electrons. The molecule has 1 aromatic carbocycles. The Labute approximate surface area is 149 Å². The van der Waals surface area contributed by atoms with E-state index in [0.717, 1.165) is 38.4 Å². The van der Waals surface area contributed by atoms with Gasteiger partial charge in [-0.15, -0.1) is 0 Å². The number of amides is 1. The number of piperazine rings is 1. The van der Waals surface area contributed by atoms with E-state index in [0.29, 0.717) is 18.1 Å². The highest BCUT2D eigenvalue weighted by molar-refractivity contribution is 5.78. The molecule has 1 amide bonds. The molecule has 0 radical (unpaired) electrons. The molecule has 0 spiro atoms. The maximum Gasteiger partial charge on any atom is 0.230 e. The summed E-state index contributed by atoms with van der Waals surface area (Å²) in [4.78, 5) is 21.0. The number of rotatable bonds is 5. The third-order valence-corrected chi connectivity index (χ3v) is 4.51. The number of hydrogen-bond acceptors (Lipinski definition) is 4. The van der Waals surface area contributed by atoms with Crippen LogP contribution in [0.15, 0.2) is 40.8 Å². The van der Waals surface area contributed by atoms with E-state index in [1.54, 1.807) is 0 Å². The summed E-state index contributed by atoms with van der Waals surface area (Å²) in [5, 5.41) is 0. The lowest BCUT2D eigenvalue weighted by Gasteiger charge is -2.34. The fourth-order valence-corrected chi connectivity index (χ4v) is 3.07. The van der Waals surface area contributed by atoms with Gasteiger partial charge in [0.25, 0.3) is 0 Å². The van der Waals surface area contributed by atoms with Crippen LogP contribution in [-0.2, 0) is 11.2 Å². The molecular weight excluding hydrogens is 314 g/mol. The summed E-state index contributed by atoms with van der Waals surface area (Å²) in [6.07, 6.45) is 4.64. The average Bonchev–Trinajstić information content (AvgIpc) is 2.93. The van der Waals surface area contributed by atoms with Gasteiger partial charge in [0.05, 0.1) is 12.1 Å². The minimum absolute atomic E-state index is 0.124. The lowest BCUT2D eigenvalue weighted by Crippen LogP contribution is -2.49. The normalized spacial score (nSPS) is 15.8. The largest absolute Gasteiger partial charge is 0.445 e. The van der Waals surface area contributed by atoms with Crippen molar-refractivity contribution in [3.63, 3.8) is 0 Å². The van der Waals surface area contributed by atoms with Crippen LogP contribution in [-0.4, -0.2) is 53.4 Å². The van der Waals surface area contributed by atoms with Crippen molar-refractivity contribution in [1.29, 1.82) is 0 Å². The van der Waals surface area contributed by atoms with Gasteiger partial charge < -0.3 is 9.32 Å². The molecule has 0 atom stereocenters. The Morgan fingerprint density at radius 1 is 1.16 bits per heavy atom. The molecule has 1 aliphatic heterocycles. The maximum atomic E-state index is 12.4. The van der Waals surface area contributed by atoms with Crippen molar-refractivity contribution in [1.82, 2.24) is 14.8 Å². The van der Waals surface area contributed by atoms with Crippen molar-refractivity contribution in [2.24, 2.45) is 0 Å². The number of oxazole rings is 1. The van der Waals surface area contributed by atoms with Crippen LogP contribution in [0.25, 0.3) is 6.08 Å². The molecule has 3 rings (SSSR count). The molecule has 5 nitrogen and oxygen atoms in total. The van der Waals surface area contributed by atoms with Gasteiger partial charge in [0.15, 0.2) is 5.89 Å². The third-order valence-electron chi connectivity index (χ3n) is 4.51. The first-order chi connectivity index (χ1) is 12.1. The van der Waals surface area contributed by atoms with Crippen LogP contribution in [0, 0.1) is 13.8 Å². The molecule has 0 unspecified atom stereocenters. The van der Waals surface area contributed by atoms with E-state index in [1.165, 1.54) is 5.56 Å². The van der Waals surface area contributed by atoms with Crippen LogP contribution in [0.2, 0.25) is 0 Å². The first kappa shape index (κ1) is 17.4. The van der Waals surface area contributed by atoms with Crippen LogP contribution >= 0.6 is 0 Å². The van der Waals surface area contributed by atoms with Crippen molar-refractivity contribution in [2.45, 2.75) is 20.3 Å². The molecular formula is C20H25N3O2. The average molecular weight is 339 g/mol. The van der Waals surface area contributed by atoms with Gasteiger partial charge in [0.1, 0.15) is 5.76 Å². The number of carbonyl (C=O) groups excluding carboxylic acids is 1. The second kappa shape index (κ2) is 8.12. The minimum atomic E-state index is 0.124. The Bertz CT molecular complexity index is 729. The number of aromatic nitrogens is 1. The maximum absolute atomic E-state index is 12.4. The van der Waals surface area contributed by atoms with E-state index in [4.69, 9.17) is 4.42 Å². The molecule has 0 bridgehead atoms. The van der Waals surface area contributed by atoms with Crippen molar-refractivity contribution in [3.05, 3.63) is 59.3 Å². The van der Waals surface area contributed by atoms with E-state index in [1.807, 2.05) is 36.9 Å². The first-order valence-corrected chi connectivity index (χ1v) is 8.76. The lowest BCUT2D eigenvalue weighted by atomic mass is 10.2. The molecule has 0 N–H and O–H groups in total. The summed E-state index contributed by atoms with van der Waals surface area (Å²) in [6, 6.07) is 10.3. The second-order valence-corrected chi connectivity index (χ2v) is 6.41. The van der Waals surface area contributed by atoms with Gasteiger partial charge in [-0.1, -0.05) is 42.5 Å². The summed E-state index contributed by atoms with van der Waals surface area (Å²) in [5.41, 5.74) is 2.03. The smallest absolute Gasteiger partial charge is 0.230 e. The molecule has 2 aromatic rings. The number of aryl methyl sites for hydroxylation is 2. The fourth-order valence-electron chi connectivity index (χ4n) is 3.07. The summed E-state index contributed by atoms with van der Waals surface area (Å²) in [5.74, 6) is 1.43. The highest BCUT2D eigenvalue weighted by atomic mass is 16.4. The second-order valence-electron chi connectivity index (χ2n) is 6.41. The van der Waals surface area contributed by atoms with Gasteiger partial charge in [-0.25, -0.2) is 4.98 Å². The van der Waals surface area contributed by atoms with Gasteiger partial charge in [-0.05, 0) is 12.5 Å². The molecule has 5 heteroatoms. The highest BCUT2D eigenvalue weighted by Crippen LogP contribution is 2.12. The zero-order valence-electron chi connectivity index (χ0n) is 14.9. The number of benzene rings is 1. The van der Waals surface area contributed by atoms with E-state index in [-0.39, 0.29) is 5.91 Å². The number of nitrogens with zero attached hydrogens (tertiary/aromatic N) is 3. The van der Waals surface area contributed by atoms with Crippen LogP contribution in [0.5, 0.6) is 0 Å². The number of hydrogen-bond donors (Lipinski definition) is 0. The predicted octanol–water partition coefficient (Wildman–Crippen LogP) is 2.69. The Morgan fingerprint density at radius 2 is 1.88 bits per heavy atom. The molecule has 1 aliphatic rings. The first-order valence-electron chi connectivity index (χ1n) is 8.76. The van der Waals surface area contributed by atoms with E-state index < -0.39 is 0 Å². The fraction of sp³-hybridized carbons (Fsp3) is 0.400. The van der Waals surface area contributed by atoms with E-state index >= 15 is 0 Å². The zero-order valence-corrected chi connectivity index (χ0v) is 14.9. The van der Waals surface area contributed by atoms with Crippen molar-refractivity contribution < 1.29 is 9.21 Å². The number of carbonyl (C=O) groups is 1. The summed E-state index contributed by atoms with van der Waals surface area (Å²) >= 11 is 0. The Balaban J connectivity index is 1.44. The third kappa shape index (κ3) is 4.79. The van der Waals surface area contributed by atoms with Crippen molar-refractivity contribution in [3.8, 4) is 0 Å². The van der Waals surface area contributed by atoms with Gasteiger partial charge in [-0.2, -0.15) is 0 Å². The molecule has 0 saturated carbocycles. The molecule has 1 aromatic heterocycles. The van der Waals surface area contributed by atoms with Crippen molar-refractivity contribution >= 4 is 12.0 Å². The van der Waals surface area contributed by atoms with Gasteiger partial charge in [0, 0.05) is 39.6 Å². The van der Waals surface area contributed by atoms with Gasteiger partial charge >= 0.3 is 0 Å². The minimum Gasteiger partial charge on any atom is -0.445 e. The summed E-state index contributed by atoms with van der Waals surface area (Å²) in [7, 11) is 0. The van der Waals surface area contributed by atoms with Crippen LogP contribution in [0.3, 0.4) is 0 Å². The zero-order chi connectivity index (χ0) is 17.6. The SMILES string of the molecule is Cc1nc(C)c(CC(=O)N2CCN(C/C=C/c3ccccc3)CC2)o1. The predicted molar refractivity (Wildman–Crippen MR) is 98.2 cm³/mol. The molecule has 25 heavy (non-hydrogen) atoms. The molecule has 2 heterocycles. The van der Waals surface area contributed by atoms with E-state index in [9.17, 15) is 4.79 Å². The van der Waals surface area contributed by atoms with Crippen LogP contribution < -0.4 is 0 Å². The Kier molecular flexibility index (Phi) is 5.66.